The minimum atomic E-state index is -0.771. The summed E-state index contributed by atoms with van der Waals surface area (Å²) in [5.74, 6) is -0.807. The van der Waals surface area contributed by atoms with Gasteiger partial charge in [-0.2, -0.15) is 0 Å². The summed E-state index contributed by atoms with van der Waals surface area (Å²) >= 11 is 0. The monoisotopic (exact) mass is 428 g/mol. The van der Waals surface area contributed by atoms with E-state index < -0.39 is 17.4 Å². The molecular formula is C25H36N2O4. The van der Waals surface area contributed by atoms with Crippen molar-refractivity contribution in [2.45, 2.75) is 83.9 Å². The number of hydrogen-bond acceptors (Lipinski definition) is 5. The van der Waals surface area contributed by atoms with Crippen molar-refractivity contribution in [3.05, 3.63) is 64.1 Å². The molecule has 1 aromatic heterocycles. The molecule has 0 radical (unpaired) electrons. The lowest BCUT2D eigenvalue weighted by Crippen LogP contribution is -2.34. The molecule has 6 heteroatoms. The number of ether oxygens (including phenoxy) is 1. The third-order valence-electron chi connectivity index (χ3n) is 5.41. The Morgan fingerprint density at radius 1 is 1.06 bits per heavy atom. The van der Waals surface area contributed by atoms with Crippen LogP contribution in [0.1, 0.15) is 69.5 Å². The minimum Gasteiger partial charge on any atom is -0.503 e. The molecular weight excluding hydrogens is 392 g/mol. The summed E-state index contributed by atoms with van der Waals surface area (Å²) in [7, 11) is 0. The van der Waals surface area contributed by atoms with Crippen molar-refractivity contribution in [1.29, 1.82) is 0 Å². The van der Waals surface area contributed by atoms with Gasteiger partial charge in [0.2, 0.25) is 5.43 Å². The van der Waals surface area contributed by atoms with E-state index in [1.807, 2.05) is 30.3 Å². The fourth-order valence-corrected chi connectivity index (χ4v) is 3.55. The Bertz CT molecular complexity index is 848. The van der Waals surface area contributed by atoms with Crippen LogP contribution in [-0.4, -0.2) is 21.7 Å². The highest BCUT2D eigenvalue weighted by atomic mass is 16.5. The van der Waals surface area contributed by atoms with Crippen molar-refractivity contribution < 1.29 is 14.6 Å². The van der Waals surface area contributed by atoms with Gasteiger partial charge in [-0.15, -0.1) is 0 Å². The quantitative estimate of drug-likeness (QED) is 0.345. The molecule has 0 aliphatic carbocycles. The average Bonchev–Trinajstić information content (AvgIpc) is 2.77. The molecule has 0 fully saturated rings. The van der Waals surface area contributed by atoms with E-state index in [9.17, 15) is 14.7 Å². The Morgan fingerprint density at radius 3 is 2.39 bits per heavy atom. The molecule has 0 saturated heterocycles. The summed E-state index contributed by atoms with van der Waals surface area (Å²) < 4.78 is 7.17. The Morgan fingerprint density at radius 2 is 1.71 bits per heavy atom. The fourth-order valence-electron chi connectivity index (χ4n) is 3.55. The van der Waals surface area contributed by atoms with Crippen molar-refractivity contribution in [1.82, 2.24) is 4.57 Å². The van der Waals surface area contributed by atoms with E-state index in [4.69, 9.17) is 10.5 Å². The second kappa shape index (κ2) is 13.7. The molecule has 6 nitrogen and oxygen atoms in total. The molecule has 2 rings (SSSR count). The maximum absolute atomic E-state index is 12.3. The number of pyridine rings is 1. The van der Waals surface area contributed by atoms with Gasteiger partial charge in [-0.3, -0.25) is 9.59 Å². The molecule has 2 aromatic rings. The summed E-state index contributed by atoms with van der Waals surface area (Å²) in [5, 5.41) is 9.82. The number of rotatable bonds is 14. The summed E-state index contributed by atoms with van der Waals surface area (Å²) in [6, 6.07) is 10.1. The van der Waals surface area contributed by atoms with E-state index in [2.05, 4.69) is 6.92 Å². The van der Waals surface area contributed by atoms with E-state index in [1.54, 1.807) is 4.57 Å². The number of aromatic nitrogens is 1. The average molecular weight is 429 g/mol. The number of nitrogens with two attached hydrogens (primary N) is 1. The Hall–Kier alpha value is -2.60. The number of esters is 1. The third-order valence-corrected chi connectivity index (χ3v) is 5.41. The van der Waals surface area contributed by atoms with Crippen molar-refractivity contribution in [2.75, 3.05) is 0 Å². The van der Waals surface area contributed by atoms with Crippen LogP contribution >= 0.6 is 0 Å². The molecule has 170 valence electrons. The van der Waals surface area contributed by atoms with Crippen molar-refractivity contribution in [2.24, 2.45) is 5.73 Å². The lowest BCUT2D eigenvalue weighted by Gasteiger charge is -2.16. The van der Waals surface area contributed by atoms with E-state index in [-0.39, 0.29) is 12.4 Å². The molecule has 1 heterocycles. The van der Waals surface area contributed by atoms with Crippen molar-refractivity contribution in [3.8, 4) is 5.75 Å². The van der Waals surface area contributed by atoms with E-state index in [0.717, 1.165) is 18.4 Å². The van der Waals surface area contributed by atoms with Gasteiger partial charge in [0.25, 0.3) is 0 Å². The van der Waals surface area contributed by atoms with Crippen LogP contribution in [0.5, 0.6) is 5.75 Å². The van der Waals surface area contributed by atoms with Crippen molar-refractivity contribution in [3.63, 3.8) is 0 Å². The molecule has 3 N–H and O–H groups in total. The van der Waals surface area contributed by atoms with Gasteiger partial charge in [-0.25, -0.2) is 0 Å². The second-order valence-electron chi connectivity index (χ2n) is 8.09. The Labute approximate surface area is 185 Å². The van der Waals surface area contributed by atoms with Gasteiger partial charge in [-0.05, 0) is 18.4 Å². The van der Waals surface area contributed by atoms with E-state index >= 15 is 0 Å². The molecule has 0 saturated carbocycles. The fraction of sp³-hybridized carbons (Fsp3) is 0.520. The summed E-state index contributed by atoms with van der Waals surface area (Å²) in [4.78, 5) is 24.2. The largest absolute Gasteiger partial charge is 0.503 e. The minimum absolute atomic E-state index is 0.0478. The second-order valence-corrected chi connectivity index (χ2v) is 8.09. The SMILES string of the molecule is CCCCCCCCCCn1cc(O)c(=O)cc1COC(=O)[C@@H](N)Cc1ccccc1. The van der Waals surface area contributed by atoms with Gasteiger partial charge in [0.1, 0.15) is 12.6 Å². The zero-order chi connectivity index (χ0) is 22.5. The van der Waals surface area contributed by atoms with Crippen LogP contribution < -0.4 is 11.2 Å². The van der Waals surface area contributed by atoms with Crippen LogP contribution in [0.25, 0.3) is 0 Å². The van der Waals surface area contributed by atoms with Gasteiger partial charge < -0.3 is 20.1 Å². The number of carbonyl (C=O) groups is 1. The standard InChI is InChI=1S/C25H36N2O4/c1-2-3-4-5-6-7-8-12-15-27-18-24(29)23(28)17-21(27)19-31-25(30)22(26)16-20-13-10-9-11-14-20/h9-11,13-14,17-18,22,29H,2-8,12,15-16,19,26H2,1H3/t22-/m0/s1. The number of carbonyl (C=O) groups excluding carboxylic acids is 1. The molecule has 0 spiro atoms. The molecule has 1 aromatic carbocycles. The van der Waals surface area contributed by atoms with Crippen LogP contribution in [0.15, 0.2) is 47.4 Å². The Kier molecular flexibility index (Phi) is 10.9. The summed E-state index contributed by atoms with van der Waals surface area (Å²) in [6.07, 6.45) is 11.4. The Balaban J connectivity index is 1.84. The van der Waals surface area contributed by atoms with Gasteiger partial charge in [0, 0.05) is 12.6 Å². The first-order valence-corrected chi connectivity index (χ1v) is 11.4. The number of nitrogens with zero attached hydrogens (tertiary/aromatic N) is 1. The highest BCUT2D eigenvalue weighted by molar-refractivity contribution is 5.75. The van der Waals surface area contributed by atoms with Crippen LogP contribution in [0, 0.1) is 0 Å². The predicted molar refractivity (Wildman–Crippen MR) is 123 cm³/mol. The van der Waals surface area contributed by atoms with Crippen LogP contribution in [0.2, 0.25) is 0 Å². The van der Waals surface area contributed by atoms with Gasteiger partial charge in [-0.1, -0.05) is 82.2 Å². The molecule has 1 atom stereocenters. The number of benzene rings is 1. The van der Waals surface area contributed by atoms with Crippen LogP contribution in [0.4, 0.5) is 0 Å². The molecule has 0 aliphatic rings. The van der Waals surface area contributed by atoms with Gasteiger partial charge in [0.15, 0.2) is 5.75 Å². The number of aromatic hydroxyl groups is 1. The highest BCUT2D eigenvalue weighted by Gasteiger charge is 2.17. The zero-order valence-electron chi connectivity index (χ0n) is 18.6. The molecule has 0 amide bonds. The maximum atomic E-state index is 12.3. The zero-order valence-corrected chi connectivity index (χ0v) is 18.6. The lowest BCUT2D eigenvalue weighted by atomic mass is 10.1. The number of hydrogen-bond donors (Lipinski definition) is 2. The smallest absolute Gasteiger partial charge is 0.323 e. The molecule has 0 unspecified atom stereocenters. The van der Waals surface area contributed by atoms with Gasteiger partial charge in [0.05, 0.1) is 11.9 Å². The van der Waals surface area contributed by atoms with Crippen LogP contribution in [0.3, 0.4) is 0 Å². The third kappa shape index (κ3) is 8.97. The first-order valence-electron chi connectivity index (χ1n) is 11.4. The predicted octanol–water partition coefficient (Wildman–Crippen LogP) is 4.31. The molecule has 0 aliphatic heterocycles. The number of unbranched alkanes of at least 4 members (excludes halogenated alkanes) is 7. The molecule has 31 heavy (non-hydrogen) atoms. The highest BCUT2D eigenvalue weighted by Crippen LogP contribution is 2.13. The topological polar surface area (TPSA) is 94.5 Å². The van der Waals surface area contributed by atoms with E-state index in [1.165, 1.54) is 50.8 Å². The van der Waals surface area contributed by atoms with Crippen LogP contribution in [-0.2, 0) is 29.1 Å². The normalized spacial score (nSPS) is 11.9. The first kappa shape index (κ1) is 24.7. The van der Waals surface area contributed by atoms with Crippen molar-refractivity contribution >= 4 is 5.97 Å². The summed E-state index contributed by atoms with van der Waals surface area (Å²) in [6.45, 7) is 2.82. The molecule has 0 bridgehead atoms. The van der Waals surface area contributed by atoms with E-state index in [0.29, 0.717) is 18.7 Å². The first-order chi connectivity index (χ1) is 15.0. The number of aryl methyl sites for hydroxylation is 1. The maximum Gasteiger partial charge on any atom is 0.323 e. The lowest BCUT2D eigenvalue weighted by molar-refractivity contribution is -0.146. The summed E-state index contributed by atoms with van der Waals surface area (Å²) in [5.41, 5.74) is 7.02. The van der Waals surface area contributed by atoms with Gasteiger partial charge >= 0.3 is 5.97 Å².